The molecule has 1 rings (SSSR count). The first-order chi connectivity index (χ1) is 5.22. The van der Waals surface area contributed by atoms with Gasteiger partial charge in [0.25, 0.3) is 0 Å². The van der Waals surface area contributed by atoms with Crippen molar-refractivity contribution in [2.45, 2.75) is 6.04 Å². The van der Waals surface area contributed by atoms with Crippen LogP contribution in [-0.2, 0) is 4.79 Å². The van der Waals surface area contributed by atoms with Crippen molar-refractivity contribution in [3.8, 4) is 0 Å². The number of nitrogens with one attached hydrogen (secondary N) is 2. The van der Waals surface area contributed by atoms with E-state index in [0.29, 0.717) is 12.6 Å². The molecule has 2 N–H and O–H groups in total. The Hall–Kier alpha value is -0.610. The molecule has 64 valence electrons. The van der Waals surface area contributed by atoms with E-state index in [9.17, 15) is 4.79 Å². The van der Waals surface area contributed by atoms with Gasteiger partial charge >= 0.3 is 0 Å². The summed E-state index contributed by atoms with van der Waals surface area (Å²) in [6.45, 7) is 2.54. The van der Waals surface area contributed by atoms with Gasteiger partial charge in [-0.15, -0.1) is 0 Å². The topological polar surface area (TPSA) is 44.4 Å². The van der Waals surface area contributed by atoms with Crippen LogP contribution in [0.1, 0.15) is 0 Å². The fraction of sp³-hybridized carbons (Fsp3) is 0.857. The smallest absolute Gasteiger partial charge is 0.233 e. The van der Waals surface area contributed by atoms with Gasteiger partial charge in [-0.2, -0.15) is 0 Å². The Balaban J connectivity index is 2.00. The average molecular weight is 157 g/mol. The predicted molar refractivity (Wildman–Crippen MR) is 43.4 cm³/mol. The highest BCUT2D eigenvalue weighted by molar-refractivity contribution is 5.77. The largest absolute Gasteiger partial charge is 0.358 e. The molecule has 0 aromatic rings. The first kappa shape index (κ1) is 8.49. The monoisotopic (exact) mass is 157 g/mol. The van der Waals surface area contributed by atoms with E-state index in [0.717, 1.165) is 13.1 Å². The Morgan fingerprint density at radius 3 is 2.73 bits per heavy atom. The molecule has 0 spiro atoms. The summed E-state index contributed by atoms with van der Waals surface area (Å²) in [4.78, 5) is 13.0. The van der Waals surface area contributed by atoms with Crippen LogP contribution >= 0.6 is 0 Å². The number of carbonyl (C=O) groups is 1. The average Bonchev–Trinajstić information content (AvgIpc) is 1.95. The highest BCUT2D eigenvalue weighted by Gasteiger charge is 2.22. The zero-order valence-corrected chi connectivity index (χ0v) is 7.05. The van der Waals surface area contributed by atoms with Crippen LogP contribution in [0, 0.1) is 0 Å². The number of nitrogens with zero attached hydrogens (tertiary/aromatic N) is 1. The molecule has 11 heavy (non-hydrogen) atoms. The van der Waals surface area contributed by atoms with E-state index in [1.165, 1.54) is 0 Å². The minimum atomic E-state index is 0.0551. The number of rotatable bonds is 3. The van der Waals surface area contributed by atoms with Crippen molar-refractivity contribution < 1.29 is 4.79 Å². The summed E-state index contributed by atoms with van der Waals surface area (Å²) in [5.41, 5.74) is 0. The molecule has 1 aliphatic rings. The molecule has 4 heteroatoms. The highest BCUT2D eigenvalue weighted by atomic mass is 16.1. The van der Waals surface area contributed by atoms with Crippen LogP contribution < -0.4 is 10.6 Å². The van der Waals surface area contributed by atoms with Crippen LogP contribution in [0.3, 0.4) is 0 Å². The van der Waals surface area contributed by atoms with Gasteiger partial charge in [-0.3, -0.25) is 4.79 Å². The summed E-state index contributed by atoms with van der Waals surface area (Å²) in [7, 11) is 3.72. The summed E-state index contributed by atoms with van der Waals surface area (Å²) < 4.78 is 0. The first-order valence-electron chi connectivity index (χ1n) is 3.85. The Labute approximate surface area is 66.9 Å². The minimum Gasteiger partial charge on any atom is -0.358 e. The molecular formula is C7H15N3O. The van der Waals surface area contributed by atoms with Crippen molar-refractivity contribution in [2.24, 2.45) is 0 Å². The third kappa shape index (κ3) is 2.48. The van der Waals surface area contributed by atoms with Gasteiger partial charge in [0.1, 0.15) is 0 Å². The van der Waals surface area contributed by atoms with Crippen molar-refractivity contribution in [3.05, 3.63) is 0 Å². The summed E-state index contributed by atoms with van der Waals surface area (Å²) in [5, 5.41) is 5.71. The van der Waals surface area contributed by atoms with Gasteiger partial charge in [0.05, 0.1) is 6.54 Å². The molecule has 4 nitrogen and oxygen atoms in total. The third-order valence-corrected chi connectivity index (χ3v) is 1.89. The molecule has 0 aliphatic carbocycles. The molecule has 0 radical (unpaired) electrons. The first-order valence-corrected chi connectivity index (χ1v) is 3.85. The number of hydrogen-bond acceptors (Lipinski definition) is 3. The van der Waals surface area contributed by atoms with E-state index >= 15 is 0 Å². The molecule has 1 fully saturated rings. The van der Waals surface area contributed by atoms with Gasteiger partial charge in [0, 0.05) is 26.2 Å². The van der Waals surface area contributed by atoms with Crippen molar-refractivity contribution in [2.75, 3.05) is 33.7 Å². The SMILES string of the molecule is CNC(=O)CNC1CN(C)C1. The van der Waals surface area contributed by atoms with Gasteiger partial charge in [0.15, 0.2) is 0 Å². The molecule has 1 saturated heterocycles. The molecule has 1 aliphatic heterocycles. The van der Waals surface area contributed by atoms with Crippen LogP contribution in [0.25, 0.3) is 0 Å². The number of carbonyl (C=O) groups excluding carboxylic acids is 1. The standard InChI is InChI=1S/C7H15N3O/c1-8-7(11)3-9-6-4-10(2)5-6/h6,9H,3-5H2,1-2H3,(H,8,11). The second-order valence-electron chi connectivity index (χ2n) is 2.97. The quantitative estimate of drug-likeness (QED) is 0.531. The molecule has 0 aromatic heterocycles. The summed E-state index contributed by atoms with van der Waals surface area (Å²) in [5.74, 6) is 0.0551. The maximum Gasteiger partial charge on any atom is 0.233 e. The van der Waals surface area contributed by atoms with Crippen LogP contribution in [0.2, 0.25) is 0 Å². The zero-order chi connectivity index (χ0) is 8.27. The Morgan fingerprint density at radius 1 is 1.64 bits per heavy atom. The molecule has 1 heterocycles. The Bertz CT molecular complexity index is 143. The van der Waals surface area contributed by atoms with Gasteiger partial charge < -0.3 is 15.5 Å². The molecule has 0 atom stereocenters. The third-order valence-electron chi connectivity index (χ3n) is 1.89. The molecular weight excluding hydrogens is 142 g/mol. The lowest BCUT2D eigenvalue weighted by Gasteiger charge is -2.36. The fourth-order valence-corrected chi connectivity index (χ4v) is 1.15. The van der Waals surface area contributed by atoms with Crippen molar-refractivity contribution in [1.82, 2.24) is 15.5 Å². The summed E-state index contributed by atoms with van der Waals surface area (Å²) >= 11 is 0. The van der Waals surface area contributed by atoms with Crippen molar-refractivity contribution in [1.29, 1.82) is 0 Å². The maximum absolute atomic E-state index is 10.8. The molecule has 1 amide bonds. The van der Waals surface area contributed by atoms with Crippen molar-refractivity contribution in [3.63, 3.8) is 0 Å². The van der Waals surface area contributed by atoms with Crippen LogP contribution in [0.5, 0.6) is 0 Å². The number of likely N-dealkylation sites (tertiary alicyclic amines) is 1. The van der Waals surface area contributed by atoms with E-state index < -0.39 is 0 Å². The molecule has 0 saturated carbocycles. The molecule has 0 unspecified atom stereocenters. The molecule has 0 bridgehead atoms. The van der Waals surface area contributed by atoms with Crippen LogP contribution in [-0.4, -0.2) is 50.6 Å². The minimum absolute atomic E-state index is 0.0551. The van der Waals surface area contributed by atoms with Gasteiger partial charge in [-0.05, 0) is 7.05 Å². The fourth-order valence-electron chi connectivity index (χ4n) is 1.15. The van der Waals surface area contributed by atoms with Crippen LogP contribution in [0.4, 0.5) is 0 Å². The Morgan fingerprint density at radius 2 is 2.27 bits per heavy atom. The summed E-state index contributed by atoms with van der Waals surface area (Å²) in [6.07, 6.45) is 0. The maximum atomic E-state index is 10.8. The predicted octanol–water partition coefficient (Wildman–Crippen LogP) is -1.36. The van der Waals surface area contributed by atoms with E-state index in [1.54, 1.807) is 7.05 Å². The zero-order valence-electron chi connectivity index (χ0n) is 7.05. The van der Waals surface area contributed by atoms with E-state index in [4.69, 9.17) is 0 Å². The summed E-state index contributed by atoms with van der Waals surface area (Å²) in [6, 6.07) is 0.511. The lowest BCUT2D eigenvalue weighted by molar-refractivity contribution is -0.120. The van der Waals surface area contributed by atoms with E-state index in [1.807, 2.05) is 0 Å². The number of likely N-dealkylation sites (N-methyl/N-ethyl adjacent to an activating group) is 2. The number of amides is 1. The van der Waals surface area contributed by atoms with Gasteiger partial charge in [-0.1, -0.05) is 0 Å². The van der Waals surface area contributed by atoms with E-state index in [-0.39, 0.29) is 5.91 Å². The van der Waals surface area contributed by atoms with Crippen molar-refractivity contribution >= 4 is 5.91 Å². The van der Waals surface area contributed by atoms with E-state index in [2.05, 4.69) is 22.6 Å². The lowest BCUT2D eigenvalue weighted by Crippen LogP contribution is -2.57. The highest BCUT2D eigenvalue weighted by Crippen LogP contribution is 2.02. The lowest BCUT2D eigenvalue weighted by atomic mass is 10.1. The second-order valence-corrected chi connectivity index (χ2v) is 2.97. The van der Waals surface area contributed by atoms with Gasteiger partial charge in [-0.25, -0.2) is 0 Å². The normalized spacial score (nSPS) is 19.5. The second kappa shape index (κ2) is 3.69. The number of hydrogen-bond donors (Lipinski definition) is 2. The van der Waals surface area contributed by atoms with Crippen LogP contribution in [0.15, 0.2) is 0 Å². The van der Waals surface area contributed by atoms with Gasteiger partial charge in [0.2, 0.25) is 5.91 Å². The molecule has 0 aromatic carbocycles. The Kier molecular flexibility index (Phi) is 2.84.